The summed E-state index contributed by atoms with van der Waals surface area (Å²) in [4.78, 5) is 16.5. The molecule has 2 aliphatic heterocycles. The SMILES string of the molecule is O=C(NCCCN1CCCCCC1)NC[C@H]1CCN(c2ccc(F)c(F)c2)C1. The van der Waals surface area contributed by atoms with E-state index in [1.807, 2.05) is 4.90 Å². The molecular weight excluding hydrogens is 362 g/mol. The molecule has 0 bridgehead atoms. The van der Waals surface area contributed by atoms with Gasteiger partial charge in [-0.2, -0.15) is 0 Å². The molecule has 5 nitrogen and oxygen atoms in total. The highest BCUT2D eigenvalue weighted by Crippen LogP contribution is 2.24. The van der Waals surface area contributed by atoms with E-state index in [2.05, 4.69) is 15.5 Å². The minimum atomic E-state index is -0.825. The number of amides is 2. The van der Waals surface area contributed by atoms with Gasteiger partial charge in [-0.3, -0.25) is 0 Å². The number of urea groups is 1. The predicted molar refractivity (Wildman–Crippen MR) is 108 cm³/mol. The maximum Gasteiger partial charge on any atom is 0.314 e. The molecule has 0 aromatic heterocycles. The van der Waals surface area contributed by atoms with Crippen molar-refractivity contribution in [2.24, 2.45) is 5.92 Å². The van der Waals surface area contributed by atoms with Crippen LogP contribution in [0.5, 0.6) is 0 Å². The fourth-order valence-electron chi connectivity index (χ4n) is 4.08. The van der Waals surface area contributed by atoms with Crippen LogP contribution < -0.4 is 15.5 Å². The van der Waals surface area contributed by atoms with Gasteiger partial charge in [0, 0.05) is 37.9 Å². The first kappa shape index (κ1) is 20.8. The number of anilines is 1. The second kappa shape index (κ2) is 10.6. The van der Waals surface area contributed by atoms with Crippen LogP contribution in [0.1, 0.15) is 38.5 Å². The normalized spacial score (nSPS) is 20.8. The molecule has 2 saturated heterocycles. The molecule has 0 saturated carbocycles. The van der Waals surface area contributed by atoms with Crippen LogP contribution in [0.4, 0.5) is 19.3 Å². The third-order valence-corrected chi connectivity index (χ3v) is 5.74. The maximum absolute atomic E-state index is 13.4. The molecule has 7 heteroatoms. The molecule has 2 N–H and O–H groups in total. The standard InChI is InChI=1S/C21H32F2N4O/c22-19-7-6-18(14-20(19)23)27-13-8-17(16-27)15-25-21(28)24-9-5-12-26-10-3-1-2-4-11-26/h6-7,14,17H,1-5,8-13,15-16H2,(H2,24,25,28)/t17-/m1/s1. The van der Waals surface area contributed by atoms with E-state index in [4.69, 9.17) is 0 Å². The zero-order valence-electron chi connectivity index (χ0n) is 16.6. The topological polar surface area (TPSA) is 47.6 Å². The van der Waals surface area contributed by atoms with Gasteiger partial charge in [0.05, 0.1) is 0 Å². The molecule has 2 heterocycles. The van der Waals surface area contributed by atoms with E-state index >= 15 is 0 Å². The van der Waals surface area contributed by atoms with Crippen LogP contribution in [0.25, 0.3) is 0 Å². The van der Waals surface area contributed by atoms with Crippen LogP contribution in [0, 0.1) is 17.6 Å². The average molecular weight is 395 g/mol. The highest BCUT2D eigenvalue weighted by molar-refractivity contribution is 5.73. The van der Waals surface area contributed by atoms with Gasteiger partial charge >= 0.3 is 6.03 Å². The Morgan fingerprint density at radius 2 is 1.82 bits per heavy atom. The second-order valence-electron chi connectivity index (χ2n) is 7.95. The van der Waals surface area contributed by atoms with E-state index in [9.17, 15) is 13.6 Å². The number of halogens is 2. The van der Waals surface area contributed by atoms with Gasteiger partial charge in [0.1, 0.15) is 0 Å². The minimum absolute atomic E-state index is 0.123. The summed E-state index contributed by atoms with van der Waals surface area (Å²) >= 11 is 0. The van der Waals surface area contributed by atoms with Crippen molar-refractivity contribution in [2.45, 2.75) is 38.5 Å². The highest BCUT2D eigenvalue weighted by atomic mass is 19.2. The molecule has 1 aromatic rings. The largest absolute Gasteiger partial charge is 0.371 e. The Morgan fingerprint density at radius 3 is 2.57 bits per heavy atom. The Morgan fingerprint density at radius 1 is 1.04 bits per heavy atom. The first-order valence-corrected chi connectivity index (χ1v) is 10.6. The summed E-state index contributed by atoms with van der Waals surface area (Å²) in [6.45, 7) is 6.22. The van der Waals surface area contributed by atoms with Crippen molar-refractivity contribution in [3.05, 3.63) is 29.8 Å². The highest BCUT2D eigenvalue weighted by Gasteiger charge is 2.23. The summed E-state index contributed by atoms with van der Waals surface area (Å²) in [5.41, 5.74) is 0.694. The van der Waals surface area contributed by atoms with Gasteiger partial charge in [-0.25, -0.2) is 13.6 Å². The van der Waals surface area contributed by atoms with Crippen molar-refractivity contribution in [1.82, 2.24) is 15.5 Å². The average Bonchev–Trinajstić information content (AvgIpc) is 3.01. The summed E-state index contributed by atoms with van der Waals surface area (Å²) in [7, 11) is 0. The summed E-state index contributed by atoms with van der Waals surface area (Å²) < 4.78 is 26.5. The lowest BCUT2D eigenvalue weighted by Crippen LogP contribution is -2.40. The summed E-state index contributed by atoms with van der Waals surface area (Å²) in [6, 6.07) is 3.88. The van der Waals surface area contributed by atoms with Crippen molar-refractivity contribution in [3.8, 4) is 0 Å². The van der Waals surface area contributed by atoms with Crippen molar-refractivity contribution >= 4 is 11.7 Å². The van der Waals surface area contributed by atoms with Crippen molar-refractivity contribution < 1.29 is 13.6 Å². The van der Waals surface area contributed by atoms with Gasteiger partial charge in [-0.15, -0.1) is 0 Å². The Hall–Kier alpha value is -1.89. The van der Waals surface area contributed by atoms with Gasteiger partial charge in [-0.1, -0.05) is 12.8 Å². The van der Waals surface area contributed by atoms with Crippen LogP contribution in [0.2, 0.25) is 0 Å². The van der Waals surface area contributed by atoms with Gasteiger partial charge in [0.25, 0.3) is 0 Å². The smallest absolute Gasteiger partial charge is 0.314 e. The molecule has 156 valence electrons. The second-order valence-corrected chi connectivity index (χ2v) is 7.95. The molecule has 0 radical (unpaired) electrons. The Bertz CT molecular complexity index is 635. The van der Waals surface area contributed by atoms with E-state index < -0.39 is 11.6 Å². The third-order valence-electron chi connectivity index (χ3n) is 5.74. The molecule has 2 amide bonds. The first-order chi connectivity index (χ1) is 13.6. The zero-order chi connectivity index (χ0) is 19.8. The van der Waals surface area contributed by atoms with Crippen molar-refractivity contribution in [2.75, 3.05) is 50.7 Å². The van der Waals surface area contributed by atoms with E-state index in [1.54, 1.807) is 6.07 Å². The Balaban J connectivity index is 1.29. The molecule has 28 heavy (non-hydrogen) atoms. The van der Waals surface area contributed by atoms with E-state index in [-0.39, 0.29) is 6.03 Å². The quantitative estimate of drug-likeness (QED) is 0.697. The molecule has 0 aliphatic carbocycles. The lowest BCUT2D eigenvalue weighted by molar-refractivity contribution is 0.237. The zero-order valence-corrected chi connectivity index (χ0v) is 16.6. The monoisotopic (exact) mass is 394 g/mol. The van der Waals surface area contributed by atoms with Gasteiger partial charge < -0.3 is 20.4 Å². The first-order valence-electron chi connectivity index (χ1n) is 10.6. The Kier molecular flexibility index (Phi) is 7.89. The third kappa shape index (κ3) is 6.33. The number of hydrogen-bond donors (Lipinski definition) is 2. The molecule has 2 fully saturated rings. The van der Waals surface area contributed by atoms with Crippen LogP contribution >= 0.6 is 0 Å². The molecule has 1 aromatic carbocycles. The number of carbonyl (C=O) groups is 1. The van der Waals surface area contributed by atoms with Crippen molar-refractivity contribution in [3.63, 3.8) is 0 Å². The number of nitrogens with one attached hydrogen (secondary N) is 2. The fraction of sp³-hybridized carbons (Fsp3) is 0.667. The maximum atomic E-state index is 13.4. The Labute approximate surface area is 166 Å². The lowest BCUT2D eigenvalue weighted by atomic mass is 10.1. The molecule has 3 rings (SSSR count). The number of carbonyl (C=O) groups excluding carboxylic acids is 1. The van der Waals surface area contributed by atoms with Crippen LogP contribution in [0.3, 0.4) is 0 Å². The predicted octanol–water partition coefficient (Wildman–Crippen LogP) is 3.36. The summed E-state index contributed by atoms with van der Waals surface area (Å²) in [5.74, 6) is -1.33. The van der Waals surface area contributed by atoms with Crippen LogP contribution in [-0.2, 0) is 0 Å². The van der Waals surface area contributed by atoms with Crippen LogP contribution in [0.15, 0.2) is 18.2 Å². The number of likely N-dealkylation sites (tertiary alicyclic amines) is 1. The number of rotatable bonds is 7. The molecule has 1 atom stereocenters. The van der Waals surface area contributed by atoms with E-state index in [1.165, 1.54) is 44.8 Å². The number of hydrogen-bond acceptors (Lipinski definition) is 3. The van der Waals surface area contributed by atoms with E-state index in [0.29, 0.717) is 24.7 Å². The lowest BCUT2D eigenvalue weighted by Gasteiger charge is -2.20. The number of benzene rings is 1. The van der Waals surface area contributed by atoms with Gasteiger partial charge in [-0.05, 0) is 63.4 Å². The molecular formula is C21H32F2N4O. The van der Waals surface area contributed by atoms with Gasteiger partial charge in [0.2, 0.25) is 0 Å². The summed E-state index contributed by atoms with van der Waals surface area (Å²) in [6.07, 6.45) is 7.15. The van der Waals surface area contributed by atoms with Crippen molar-refractivity contribution in [1.29, 1.82) is 0 Å². The van der Waals surface area contributed by atoms with Crippen LogP contribution in [-0.4, -0.2) is 56.7 Å². The molecule has 0 unspecified atom stereocenters. The molecule has 2 aliphatic rings. The minimum Gasteiger partial charge on any atom is -0.371 e. The summed E-state index contributed by atoms with van der Waals surface area (Å²) in [5, 5.41) is 5.88. The van der Waals surface area contributed by atoms with Gasteiger partial charge in [0.15, 0.2) is 11.6 Å². The fourth-order valence-corrected chi connectivity index (χ4v) is 4.08. The number of nitrogens with zero attached hydrogens (tertiary/aromatic N) is 2. The van der Waals surface area contributed by atoms with E-state index in [0.717, 1.165) is 38.5 Å². The molecule has 0 spiro atoms.